The van der Waals surface area contributed by atoms with Gasteiger partial charge in [0.1, 0.15) is 5.58 Å². The number of amides is 2. The van der Waals surface area contributed by atoms with Gasteiger partial charge in [0, 0.05) is 18.1 Å². The summed E-state index contributed by atoms with van der Waals surface area (Å²) in [5.41, 5.74) is 3.17. The number of benzene rings is 2. The lowest BCUT2D eigenvalue weighted by Crippen LogP contribution is -2.24. The van der Waals surface area contributed by atoms with Crippen molar-refractivity contribution >= 4 is 34.1 Å². The van der Waals surface area contributed by atoms with Crippen LogP contribution in [0, 0.1) is 13.8 Å². The fraction of sp³-hybridized carbons (Fsp3) is 0.158. The highest BCUT2D eigenvalue weighted by Crippen LogP contribution is 2.28. The van der Waals surface area contributed by atoms with E-state index in [4.69, 9.17) is 4.42 Å². The van der Waals surface area contributed by atoms with Crippen molar-refractivity contribution in [3.8, 4) is 0 Å². The minimum Gasteiger partial charge on any atom is -0.421 e. The van der Waals surface area contributed by atoms with Crippen molar-refractivity contribution in [2.24, 2.45) is 0 Å². The zero-order chi connectivity index (χ0) is 18.0. The van der Waals surface area contributed by atoms with Gasteiger partial charge in [-0.2, -0.15) is 0 Å². The minimum absolute atomic E-state index is 0.0723. The maximum atomic E-state index is 12.3. The molecule has 0 aliphatic rings. The molecule has 0 unspecified atom stereocenters. The van der Waals surface area contributed by atoms with E-state index < -0.39 is 11.7 Å². The second kappa shape index (κ2) is 6.68. The third-order valence-electron chi connectivity index (χ3n) is 3.78. The second-order valence-electron chi connectivity index (χ2n) is 5.84. The molecule has 0 saturated heterocycles. The van der Waals surface area contributed by atoms with Crippen molar-refractivity contribution in [1.29, 1.82) is 0 Å². The maximum Gasteiger partial charge on any atom is 0.362 e. The van der Waals surface area contributed by atoms with E-state index in [1.807, 2.05) is 44.2 Å². The van der Waals surface area contributed by atoms with Gasteiger partial charge < -0.3 is 15.1 Å². The highest BCUT2D eigenvalue weighted by atomic mass is 16.4. The Hall–Kier alpha value is -3.28. The van der Waals surface area contributed by atoms with Crippen LogP contribution in [0.15, 0.2) is 51.7 Å². The molecule has 6 nitrogen and oxygen atoms in total. The fourth-order valence-electron chi connectivity index (χ4n) is 2.85. The monoisotopic (exact) mass is 337 g/mol. The first kappa shape index (κ1) is 16.6. The summed E-state index contributed by atoms with van der Waals surface area (Å²) in [4.78, 5) is 24.6. The third-order valence-corrected chi connectivity index (χ3v) is 3.78. The second-order valence-corrected chi connectivity index (χ2v) is 5.84. The number of rotatable bonds is 3. The van der Waals surface area contributed by atoms with Crippen LogP contribution < -0.4 is 21.6 Å². The van der Waals surface area contributed by atoms with Gasteiger partial charge in [-0.05, 0) is 49.2 Å². The highest BCUT2D eigenvalue weighted by molar-refractivity contribution is 6.05. The topological polar surface area (TPSA) is 83.4 Å². The highest BCUT2D eigenvalue weighted by Gasteiger charge is 2.16. The first-order valence-corrected chi connectivity index (χ1v) is 7.88. The molecule has 0 radical (unpaired) electrons. The molecule has 2 amide bonds. The van der Waals surface area contributed by atoms with E-state index >= 15 is 0 Å². The molecule has 0 fully saturated rings. The lowest BCUT2D eigenvalue weighted by Gasteiger charge is -2.13. The van der Waals surface area contributed by atoms with Crippen LogP contribution in [0.3, 0.4) is 0 Å². The molecule has 0 atom stereocenters. The van der Waals surface area contributed by atoms with Gasteiger partial charge in [0.15, 0.2) is 5.69 Å². The summed E-state index contributed by atoms with van der Waals surface area (Å²) in [5, 5.41) is 9.01. The van der Waals surface area contributed by atoms with E-state index in [1.165, 1.54) is 0 Å². The average Bonchev–Trinajstić information content (AvgIpc) is 2.54. The number of para-hydroxylation sites is 1. The predicted octanol–water partition coefficient (Wildman–Crippen LogP) is 4.10. The van der Waals surface area contributed by atoms with Crippen LogP contribution in [0.1, 0.15) is 11.1 Å². The molecule has 3 rings (SSSR count). The molecule has 128 valence electrons. The first-order chi connectivity index (χ1) is 12.0. The van der Waals surface area contributed by atoms with Crippen LogP contribution in [-0.2, 0) is 0 Å². The molecule has 0 spiro atoms. The number of aryl methyl sites for hydroxylation is 2. The molecule has 0 saturated carbocycles. The molecular formula is C19H19N3O3. The zero-order valence-electron chi connectivity index (χ0n) is 14.3. The van der Waals surface area contributed by atoms with E-state index in [1.54, 1.807) is 19.2 Å². The summed E-state index contributed by atoms with van der Waals surface area (Å²) in [6, 6.07) is 12.4. The van der Waals surface area contributed by atoms with E-state index in [9.17, 15) is 9.59 Å². The van der Waals surface area contributed by atoms with Crippen molar-refractivity contribution in [2.45, 2.75) is 13.8 Å². The molecule has 2 aromatic carbocycles. The average molecular weight is 337 g/mol. The number of carbonyl (C=O) groups excluding carboxylic acids is 1. The number of nitrogens with one attached hydrogen (secondary N) is 3. The zero-order valence-corrected chi connectivity index (χ0v) is 14.3. The molecule has 6 heteroatoms. The quantitative estimate of drug-likeness (QED) is 0.628. The molecule has 3 N–H and O–H groups in total. The molecular weight excluding hydrogens is 318 g/mol. The third kappa shape index (κ3) is 3.47. The van der Waals surface area contributed by atoms with Crippen molar-refractivity contribution in [1.82, 2.24) is 0 Å². The molecule has 1 heterocycles. The smallest absolute Gasteiger partial charge is 0.362 e. The Labute approximate surface area is 144 Å². The number of fused-ring (bicyclic) bond motifs is 1. The normalized spacial score (nSPS) is 10.5. The van der Waals surface area contributed by atoms with Crippen molar-refractivity contribution in [2.75, 3.05) is 23.0 Å². The maximum absolute atomic E-state index is 12.3. The van der Waals surface area contributed by atoms with Crippen LogP contribution in [0.5, 0.6) is 0 Å². The minimum atomic E-state index is -0.612. The van der Waals surface area contributed by atoms with Gasteiger partial charge in [-0.3, -0.25) is 5.32 Å². The van der Waals surface area contributed by atoms with Crippen LogP contribution in [0.25, 0.3) is 11.0 Å². The molecule has 0 aliphatic carbocycles. The van der Waals surface area contributed by atoms with Gasteiger partial charge in [0.25, 0.3) is 0 Å². The standard InChI is InChI=1S/C19H19N3O3/c1-11-8-12(2)10-13(9-11)21-19(24)22-17-16(20-3)14-6-4-5-7-15(14)25-18(17)23/h4-10,20H,1-3H3,(H2,21,22,24). The number of urea groups is 1. The van der Waals surface area contributed by atoms with E-state index in [-0.39, 0.29) is 5.69 Å². The van der Waals surface area contributed by atoms with E-state index in [2.05, 4.69) is 16.0 Å². The van der Waals surface area contributed by atoms with E-state index in [0.717, 1.165) is 11.1 Å². The summed E-state index contributed by atoms with van der Waals surface area (Å²) in [5.74, 6) is 0. The van der Waals surface area contributed by atoms with Crippen LogP contribution in [-0.4, -0.2) is 13.1 Å². The van der Waals surface area contributed by atoms with Crippen molar-refractivity contribution < 1.29 is 9.21 Å². The summed E-state index contributed by atoms with van der Waals surface area (Å²) >= 11 is 0. The van der Waals surface area contributed by atoms with Crippen LogP contribution in [0.2, 0.25) is 0 Å². The predicted molar refractivity (Wildman–Crippen MR) is 101 cm³/mol. The van der Waals surface area contributed by atoms with E-state index in [0.29, 0.717) is 22.3 Å². The summed E-state index contributed by atoms with van der Waals surface area (Å²) in [6.45, 7) is 3.90. The SMILES string of the molecule is CNc1c(NC(=O)Nc2cc(C)cc(C)c2)c(=O)oc2ccccc12. The Morgan fingerprint density at radius 1 is 0.960 bits per heavy atom. The Balaban J connectivity index is 1.93. The number of hydrogen-bond acceptors (Lipinski definition) is 4. The molecule has 25 heavy (non-hydrogen) atoms. The van der Waals surface area contributed by atoms with Crippen LogP contribution in [0.4, 0.5) is 21.9 Å². The van der Waals surface area contributed by atoms with Crippen molar-refractivity contribution in [3.05, 3.63) is 64.0 Å². The summed E-state index contributed by atoms with van der Waals surface area (Å²) in [6.07, 6.45) is 0. The summed E-state index contributed by atoms with van der Waals surface area (Å²) < 4.78 is 5.29. The Morgan fingerprint density at radius 2 is 1.64 bits per heavy atom. The van der Waals surface area contributed by atoms with Crippen LogP contribution >= 0.6 is 0 Å². The Morgan fingerprint density at radius 3 is 2.32 bits per heavy atom. The number of carbonyl (C=O) groups is 1. The largest absolute Gasteiger partial charge is 0.421 e. The Kier molecular flexibility index (Phi) is 4.43. The molecule has 1 aromatic heterocycles. The number of hydrogen-bond donors (Lipinski definition) is 3. The Bertz CT molecular complexity index is 988. The fourth-order valence-corrected chi connectivity index (χ4v) is 2.85. The van der Waals surface area contributed by atoms with Gasteiger partial charge >= 0.3 is 11.7 Å². The molecule has 3 aromatic rings. The van der Waals surface area contributed by atoms with Crippen molar-refractivity contribution in [3.63, 3.8) is 0 Å². The summed E-state index contributed by atoms with van der Waals surface area (Å²) in [7, 11) is 1.69. The van der Waals surface area contributed by atoms with Gasteiger partial charge in [-0.25, -0.2) is 9.59 Å². The number of anilines is 3. The molecule has 0 aliphatic heterocycles. The molecule has 0 bridgehead atoms. The van der Waals surface area contributed by atoms with Gasteiger partial charge in [-0.15, -0.1) is 0 Å². The lowest BCUT2D eigenvalue weighted by molar-refractivity contribution is 0.262. The van der Waals surface area contributed by atoms with Gasteiger partial charge in [-0.1, -0.05) is 18.2 Å². The van der Waals surface area contributed by atoms with Gasteiger partial charge in [0.05, 0.1) is 5.69 Å². The lowest BCUT2D eigenvalue weighted by atomic mass is 10.1. The van der Waals surface area contributed by atoms with Gasteiger partial charge in [0.2, 0.25) is 0 Å². The first-order valence-electron chi connectivity index (χ1n) is 7.88.